The zero-order chi connectivity index (χ0) is 7.56. The summed E-state index contributed by atoms with van der Waals surface area (Å²) in [7, 11) is 0. The molecule has 1 atom stereocenters. The predicted octanol–water partition coefficient (Wildman–Crippen LogP) is 2.08. The Hall–Kier alpha value is -0.380. The number of hydrogen-bond donors (Lipinski definition) is 1. The summed E-state index contributed by atoms with van der Waals surface area (Å²) >= 11 is 0. The van der Waals surface area contributed by atoms with Crippen molar-refractivity contribution in [3.8, 4) is 0 Å². The summed E-state index contributed by atoms with van der Waals surface area (Å²) in [6, 6.07) is 2.81. The zero-order valence-electron chi connectivity index (χ0n) is 6.53. The van der Waals surface area contributed by atoms with Gasteiger partial charge in [-0.1, -0.05) is 0 Å². The SMILES string of the molecule is C[C@H](N)c1ccc(F)cn1.Cl.Cl. The molecule has 0 aliphatic heterocycles. The quantitative estimate of drug-likeness (QED) is 0.775. The second-order valence-corrected chi connectivity index (χ2v) is 2.19. The molecule has 1 aromatic heterocycles. The molecule has 1 heterocycles. The van der Waals surface area contributed by atoms with Gasteiger partial charge < -0.3 is 5.73 Å². The van der Waals surface area contributed by atoms with Crippen molar-refractivity contribution in [2.45, 2.75) is 13.0 Å². The molecule has 1 rings (SSSR count). The molecule has 0 aliphatic carbocycles. The van der Waals surface area contributed by atoms with Crippen LogP contribution in [0.1, 0.15) is 18.7 Å². The second kappa shape index (κ2) is 6.17. The molecule has 70 valence electrons. The van der Waals surface area contributed by atoms with Crippen LogP contribution in [0.4, 0.5) is 4.39 Å². The van der Waals surface area contributed by atoms with Gasteiger partial charge in [0.15, 0.2) is 0 Å². The average Bonchev–Trinajstić information content (AvgIpc) is 1.88. The van der Waals surface area contributed by atoms with Crippen LogP contribution in [0, 0.1) is 5.82 Å². The third kappa shape index (κ3) is 3.85. The Morgan fingerprint density at radius 1 is 1.42 bits per heavy atom. The van der Waals surface area contributed by atoms with Crippen LogP contribution in [-0.2, 0) is 0 Å². The number of halogens is 3. The molecule has 0 unspecified atom stereocenters. The molecule has 0 fully saturated rings. The number of hydrogen-bond acceptors (Lipinski definition) is 2. The largest absolute Gasteiger partial charge is 0.323 e. The molecule has 0 saturated heterocycles. The summed E-state index contributed by atoms with van der Waals surface area (Å²) in [6.07, 6.45) is 1.17. The summed E-state index contributed by atoms with van der Waals surface area (Å²) in [6.45, 7) is 1.81. The maximum absolute atomic E-state index is 12.2. The Morgan fingerprint density at radius 2 is 2.00 bits per heavy atom. The molecule has 1 aromatic rings. The van der Waals surface area contributed by atoms with E-state index in [-0.39, 0.29) is 36.7 Å². The molecular formula is C7H11Cl2FN2. The lowest BCUT2D eigenvalue weighted by molar-refractivity contribution is 0.616. The Kier molecular flexibility index (Phi) is 7.28. The van der Waals surface area contributed by atoms with Crippen LogP contribution in [0.3, 0.4) is 0 Å². The van der Waals surface area contributed by atoms with Gasteiger partial charge in [-0.25, -0.2) is 4.39 Å². The first-order valence-electron chi connectivity index (χ1n) is 3.07. The van der Waals surface area contributed by atoms with Gasteiger partial charge >= 0.3 is 0 Å². The first-order valence-corrected chi connectivity index (χ1v) is 3.07. The zero-order valence-corrected chi connectivity index (χ0v) is 8.16. The van der Waals surface area contributed by atoms with Crippen molar-refractivity contribution in [1.29, 1.82) is 0 Å². The fourth-order valence-electron chi connectivity index (χ4n) is 0.657. The van der Waals surface area contributed by atoms with Crippen molar-refractivity contribution in [2.75, 3.05) is 0 Å². The van der Waals surface area contributed by atoms with Gasteiger partial charge in [0.25, 0.3) is 0 Å². The first kappa shape index (κ1) is 14.2. The Bertz CT molecular complexity index is 213. The van der Waals surface area contributed by atoms with Crippen molar-refractivity contribution < 1.29 is 4.39 Å². The van der Waals surface area contributed by atoms with E-state index in [9.17, 15) is 4.39 Å². The van der Waals surface area contributed by atoms with Crippen molar-refractivity contribution >= 4 is 24.8 Å². The molecule has 0 saturated carbocycles. The first-order chi connectivity index (χ1) is 4.70. The molecule has 0 aliphatic rings. The minimum Gasteiger partial charge on any atom is -0.323 e. The maximum Gasteiger partial charge on any atom is 0.141 e. The minimum atomic E-state index is -0.329. The number of nitrogens with two attached hydrogens (primary N) is 1. The molecule has 5 heteroatoms. The topological polar surface area (TPSA) is 38.9 Å². The van der Waals surface area contributed by atoms with Gasteiger partial charge in [-0.2, -0.15) is 0 Å². The lowest BCUT2D eigenvalue weighted by atomic mass is 10.2. The minimum absolute atomic E-state index is 0. The predicted molar refractivity (Wildman–Crippen MR) is 51.3 cm³/mol. The van der Waals surface area contributed by atoms with E-state index in [1.165, 1.54) is 12.3 Å². The standard InChI is InChI=1S/C7H9FN2.2ClH/c1-5(9)7-3-2-6(8)4-10-7;;/h2-5H,9H2,1H3;2*1H/t5-;;/m0../s1. The van der Waals surface area contributed by atoms with Gasteiger partial charge in [0.05, 0.1) is 11.9 Å². The highest BCUT2D eigenvalue weighted by Gasteiger charge is 1.98. The fraction of sp³-hybridized carbons (Fsp3) is 0.286. The maximum atomic E-state index is 12.2. The highest BCUT2D eigenvalue weighted by Crippen LogP contribution is 2.04. The second-order valence-electron chi connectivity index (χ2n) is 2.19. The van der Waals surface area contributed by atoms with Crippen LogP contribution in [0.5, 0.6) is 0 Å². The molecule has 2 N–H and O–H groups in total. The Balaban J connectivity index is 0. The van der Waals surface area contributed by atoms with Gasteiger partial charge in [0.2, 0.25) is 0 Å². The van der Waals surface area contributed by atoms with Crippen molar-refractivity contribution in [3.05, 3.63) is 29.8 Å². The Labute approximate surface area is 83.2 Å². The van der Waals surface area contributed by atoms with E-state index in [4.69, 9.17) is 5.73 Å². The molecule has 0 radical (unpaired) electrons. The summed E-state index contributed by atoms with van der Waals surface area (Å²) in [5.74, 6) is -0.329. The van der Waals surface area contributed by atoms with E-state index in [1.54, 1.807) is 13.0 Å². The van der Waals surface area contributed by atoms with Crippen LogP contribution in [0.25, 0.3) is 0 Å². The molecule has 0 bridgehead atoms. The number of aromatic nitrogens is 1. The normalized spacial score (nSPS) is 10.9. The van der Waals surface area contributed by atoms with E-state index in [1.807, 2.05) is 0 Å². The lowest BCUT2D eigenvalue weighted by Crippen LogP contribution is -2.06. The summed E-state index contributed by atoms with van der Waals surface area (Å²) in [5, 5.41) is 0. The van der Waals surface area contributed by atoms with Gasteiger partial charge in [0.1, 0.15) is 5.82 Å². The van der Waals surface area contributed by atoms with E-state index >= 15 is 0 Å². The summed E-state index contributed by atoms with van der Waals surface area (Å²) < 4.78 is 12.2. The van der Waals surface area contributed by atoms with Crippen LogP contribution in [-0.4, -0.2) is 4.98 Å². The van der Waals surface area contributed by atoms with Crippen LogP contribution < -0.4 is 5.73 Å². The smallest absolute Gasteiger partial charge is 0.141 e. The third-order valence-corrected chi connectivity index (χ3v) is 1.22. The Morgan fingerprint density at radius 3 is 2.33 bits per heavy atom. The van der Waals surface area contributed by atoms with Crippen molar-refractivity contribution in [3.63, 3.8) is 0 Å². The number of rotatable bonds is 1. The van der Waals surface area contributed by atoms with E-state index in [2.05, 4.69) is 4.98 Å². The molecule has 2 nitrogen and oxygen atoms in total. The van der Waals surface area contributed by atoms with Gasteiger partial charge in [-0.3, -0.25) is 4.98 Å². The highest BCUT2D eigenvalue weighted by molar-refractivity contribution is 5.85. The van der Waals surface area contributed by atoms with E-state index in [0.717, 1.165) is 0 Å². The lowest BCUT2D eigenvalue weighted by Gasteiger charge is -2.01. The van der Waals surface area contributed by atoms with Crippen LogP contribution >= 0.6 is 24.8 Å². The molecule has 0 amide bonds. The molecular weight excluding hydrogens is 202 g/mol. The van der Waals surface area contributed by atoms with Crippen LogP contribution in [0.2, 0.25) is 0 Å². The number of pyridine rings is 1. The molecule has 0 aromatic carbocycles. The monoisotopic (exact) mass is 212 g/mol. The van der Waals surface area contributed by atoms with E-state index in [0.29, 0.717) is 5.69 Å². The molecule has 0 spiro atoms. The number of nitrogens with zero attached hydrogens (tertiary/aromatic N) is 1. The third-order valence-electron chi connectivity index (χ3n) is 1.22. The van der Waals surface area contributed by atoms with Crippen LogP contribution in [0.15, 0.2) is 18.3 Å². The summed E-state index contributed by atoms with van der Waals surface area (Å²) in [5.41, 5.74) is 6.19. The van der Waals surface area contributed by atoms with Crippen molar-refractivity contribution in [1.82, 2.24) is 4.98 Å². The van der Waals surface area contributed by atoms with Gasteiger partial charge in [-0.05, 0) is 19.1 Å². The van der Waals surface area contributed by atoms with E-state index < -0.39 is 0 Å². The van der Waals surface area contributed by atoms with Crippen molar-refractivity contribution in [2.24, 2.45) is 5.73 Å². The summed E-state index contributed by atoms with van der Waals surface area (Å²) in [4.78, 5) is 3.78. The van der Waals surface area contributed by atoms with Gasteiger partial charge in [-0.15, -0.1) is 24.8 Å². The molecule has 12 heavy (non-hydrogen) atoms. The fourth-order valence-corrected chi connectivity index (χ4v) is 0.657. The highest BCUT2D eigenvalue weighted by atomic mass is 35.5. The average molecular weight is 213 g/mol. The van der Waals surface area contributed by atoms with Gasteiger partial charge in [0, 0.05) is 6.04 Å².